The fraction of sp³-hybridized carbons (Fsp3) is 0.667. The summed E-state index contributed by atoms with van der Waals surface area (Å²) in [5.41, 5.74) is 0. The molecule has 0 atom stereocenters. The molecule has 64 valence electrons. The molecule has 0 bridgehead atoms. The quantitative estimate of drug-likeness (QED) is 0.490. The standard InChI is InChI=1S/C6H12N2O2S/c1-7-6(10)4-8-5(9)2-3-11/h11H,2-4H2,1H3,(H,7,10)(H,8,9). The average Bonchev–Trinajstić information content (AvgIpc) is 2.01. The molecule has 0 aromatic heterocycles. The molecule has 0 aliphatic rings. The molecule has 0 spiro atoms. The zero-order valence-electron chi connectivity index (χ0n) is 6.39. The monoisotopic (exact) mass is 176 g/mol. The molecule has 2 amide bonds. The fourth-order valence-electron chi connectivity index (χ4n) is 0.457. The maximum absolute atomic E-state index is 10.7. The van der Waals surface area contributed by atoms with Crippen molar-refractivity contribution in [3.8, 4) is 0 Å². The second kappa shape index (κ2) is 6.03. The first-order valence-corrected chi connectivity index (χ1v) is 3.92. The molecular formula is C6H12N2O2S. The third-order valence-corrected chi connectivity index (χ3v) is 1.29. The lowest BCUT2D eigenvalue weighted by molar-refractivity contribution is -0.125. The highest BCUT2D eigenvalue weighted by molar-refractivity contribution is 7.80. The Labute approximate surface area is 71.1 Å². The van der Waals surface area contributed by atoms with Gasteiger partial charge >= 0.3 is 0 Å². The van der Waals surface area contributed by atoms with Crippen LogP contribution >= 0.6 is 12.6 Å². The number of likely N-dealkylation sites (N-methyl/N-ethyl adjacent to an activating group) is 1. The third-order valence-electron chi connectivity index (χ3n) is 1.06. The predicted octanol–water partition coefficient (Wildman–Crippen LogP) is -0.832. The summed E-state index contributed by atoms with van der Waals surface area (Å²) in [7, 11) is 1.52. The average molecular weight is 176 g/mol. The van der Waals surface area contributed by atoms with E-state index in [2.05, 4.69) is 23.3 Å². The lowest BCUT2D eigenvalue weighted by Crippen LogP contribution is -2.35. The molecule has 0 aliphatic carbocycles. The highest BCUT2D eigenvalue weighted by atomic mass is 32.1. The molecule has 0 saturated heterocycles. The second-order valence-electron chi connectivity index (χ2n) is 1.92. The number of carbonyl (C=O) groups excluding carboxylic acids is 2. The number of hydrogen-bond acceptors (Lipinski definition) is 3. The Morgan fingerprint density at radius 1 is 1.36 bits per heavy atom. The topological polar surface area (TPSA) is 58.2 Å². The molecule has 0 aromatic carbocycles. The van der Waals surface area contributed by atoms with E-state index < -0.39 is 0 Å². The Kier molecular flexibility index (Phi) is 5.64. The summed E-state index contributed by atoms with van der Waals surface area (Å²) in [6.07, 6.45) is 0.347. The van der Waals surface area contributed by atoms with E-state index in [1.165, 1.54) is 7.05 Å². The molecule has 11 heavy (non-hydrogen) atoms. The minimum Gasteiger partial charge on any atom is -0.358 e. The lowest BCUT2D eigenvalue weighted by atomic mass is 10.4. The molecule has 0 radical (unpaired) electrons. The highest BCUT2D eigenvalue weighted by Gasteiger charge is 2.01. The van der Waals surface area contributed by atoms with Crippen LogP contribution in [0.1, 0.15) is 6.42 Å². The van der Waals surface area contributed by atoms with Crippen LogP contribution in [0.25, 0.3) is 0 Å². The molecular weight excluding hydrogens is 164 g/mol. The van der Waals surface area contributed by atoms with Gasteiger partial charge < -0.3 is 10.6 Å². The molecule has 5 heteroatoms. The number of carbonyl (C=O) groups is 2. The SMILES string of the molecule is CNC(=O)CNC(=O)CCS. The number of rotatable bonds is 4. The Hall–Kier alpha value is -0.710. The number of thiol groups is 1. The summed E-state index contributed by atoms with van der Waals surface area (Å²) in [5.74, 6) is 0.153. The van der Waals surface area contributed by atoms with Crippen molar-refractivity contribution in [1.29, 1.82) is 0 Å². The van der Waals surface area contributed by atoms with Gasteiger partial charge in [-0.25, -0.2) is 0 Å². The van der Waals surface area contributed by atoms with Gasteiger partial charge in [-0.1, -0.05) is 0 Å². The van der Waals surface area contributed by atoms with E-state index in [1.807, 2.05) is 0 Å². The minimum atomic E-state index is -0.197. The van der Waals surface area contributed by atoms with Crippen molar-refractivity contribution in [1.82, 2.24) is 10.6 Å². The van der Waals surface area contributed by atoms with Gasteiger partial charge in [0.25, 0.3) is 0 Å². The van der Waals surface area contributed by atoms with E-state index in [-0.39, 0.29) is 18.4 Å². The summed E-state index contributed by atoms with van der Waals surface area (Å²) < 4.78 is 0. The fourth-order valence-corrected chi connectivity index (χ4v) is 0.660. The van der Waals surface area contributed by atoms with E-state index in [0.29, 0.717) is 12.2 Å². The zero-order chi connectivity index (χ0) is 8.69. The van der Waals surface area contributed by atoms with E-state index >= 15 is 0 Å². The van der Waals surface area contributed by atoms with Crippen molar-refractivity contribution in [2.24, 2.45) is 0 Å². The van der Waals surface area contributed by atoms with Crippen molar-refractivity contribution in [2.45, 2.75) is 6.42 Å². The maximum Gasteiger partial charge on any atom is 0.239 e. The Morgan fingerprint density at radius 3 is 2.45 bits per heavy atom. The van der Waals surface area contributed by atoms with Crippen LogP contribution in [0, 0.1) is 0 Å². The smallest absolute Gasteiger partial charge is 0.239 e. The summed E-state index contributed by atoms with van der Waals surface area (Å²) >= 11 is 3.87. The molecule has 2 N–H and O–H groups in total. The number of amides is 2. The van der Waals surface area contributed by atoms with Gasteiger partial charge in [0, 0.05) is 13.5 Å². The molecule has 0 aliphatic heterocycles. The van der Waals surface area contributed by atoms with E-state index in [4.69, 9.17) is 0 Å². The molecule has 0 rings (SSSR count). The van der Waals surface area contributed by atoms with E-state index in [0.717, 1.165) is 0 Å². The molecule has 0 unspecified atom stereocenters. The van der Waals surface area contributed by atoms with Gasteiger partial charge in [-0.2, -0.15) is 12.6 Å². The van der Waals surface area contributed by atoms with Gasteiger partial charge in [0.15, 0.2) is 0 Å². The first-order chi connectivity index (χ1) is 5.20. The lowest BCUT2D eigenvalue weighted by Gasteiger charge is -2.01. The molecule has 0 heterocycles. The van der Waals surface area contributed by atoms with Crippen molar-refractivity contribution >= 4 is 24.4 Å². The summed E-state index contributed by atoms with van der Waals surface area (Å²) in [4.78, 5) is 21.3. The van der Waals surface area contributed by atoms with Crippen LogP contribution in [0.2, 0.25) is 0 Å². The van der Waals surface area contributed by atoms with Crippen molar-refractivity contribution < 1.29 is 9.59 Å². The number of nitrogens with one attached hydrogen (secondary N) is 2. The minimum absolute atomic E-state index is 0.0448. The van der Waals surface area contributed by atoms with E-state index in [1.54, 1.807) is 0 Å². The zero-order valence-corrected chi connectivity index (χ0v) is 7.28. The van der Waals surface area contributed by atoms with Gasteiger partial charge in [-0.05, 0) is 5.75 Å². The van der Waals surface area contributed by atoms with Crippen LogP contribution in [0.15, 0.2) is 0 Å². The Bertz CT molecular complexity index is 150. The predicted molar refractivity (Wildman–Crippen MR) is 45.5 cm³/mol. The second-order valence-corrected chi connectivity index (χ2v) is 2.37. The normalized spacial score (nSPS) is 8.91. The molecule has 0 saturated carbocycles. The first kappa shape index (κ1) is 10.3. The summed E-state index contributed by atoms with van der Waals surface area (Å²) in [6.45, 7) is 0.0448. The Morgan fingerprint density at radius 2 is 2.00 bits per heavy atom. The van der Waals surface area contributed by atoms with Crippen molar-refractivity contribution in [3.63, 3.8) is 0 Å². The summed E-state index contributed by atoms with van der Waals surface area (Å²) in [5, 5.41) is 4.82. The van der Waals surface area contributed by atoms with Gasteiger partial charge in [0.1, 0.15) is 0 Å². The third kappa shape index (κ3) is 5.72. The largest absolute Gasteiger partial charge is 0.358 e. The van der Waals surface area contributed by atoms with Crippen molar-refractivity contribution in [2.75, 3.05) is 19.3 Å². The highest BCUT2D eigenvalue weighted by Crippen LogP contribution is 1.81. The van der Waals surface area contributed by atoms with Gasteiger partial charge in [0.05, 0.1) is 6.54 Å². The van der Waals surface area contributed by atoms with Gasteiger partial charge in [-0.15, -0.1) is 0 Å². The number of hydrogen-bond donors (Lipinski definition) is 3. The van der Waals surface area contributed by atoms with Crippen LogP contribution in [0.3, 0.4) is 0 Å². The van der Waals surface area contributed by atoms with Crippen LogP contribution in [-0.4, -0.2) is 31.2 Å². The van der Waals surface area contributed by atoms with Gasteiger partial charge in [0.2, 0.25) is 11.8 Å². The van der Waals surface area contributed by atoms with E-state index in [9.17, 15) is 9.59 Å². The van der Waals surface area contributed by atoms with Crippen LogP contribution in [0.5, 0.6) is 0 Å². The summed E-state index contributed by atoms with van der Waals surface area (Å²) in [6, 6.07) is 0. The molecule has 0 fully saturated rings. The first-order valence-electron chi connectivity index (χ1n) is 3.29. The maximum atomic E-state index is 10.7. The van der Waals surface area contributed by atoms with Gasteiger partial charge in [-0.3, -0.25) is 9.59 Å². The molecule has 0 aromatic rings. The van der Waals surface area contributed by atoms with Crippen LogP contribution in [0.4, 0.5) is 0 Å². The Balaban J connectivity index is 3.38. The van der Waals surface area contributed by atoms with Crippen molar-refractivity contribution in [3.05, 3.63) is 0 Å². The van der Waals surface area contributed by atoms with Crippen LogP contribution < -0.4 is 10.6 Å². The molecule has 4 nitrogen and oxygen atoms in total. The van der Waals surface area contributed by atoms with Crippen LogP contribution in [-0.2, 0) is 9.59 Å².